The Morgan fingerprint density at radius 3 is 2.62 bits per heavy atom. The largest absolute Gasteiger partial charge is 0.355 e. The van der Waals surface area contributed by atoms with Crippen LogP contribution < -0.4 is 10.6 Å². The smallest absolute Gasteiger partial charge is 0.187 e. The molecule has 3 heterocycles. The zero-order valence-electron chi connectivity index (χ0n) is 19.6. The van der Waals surface area contributed by atoms with E-state index in [1.165, 1.54) is 11.1 Å². The second-order valence-electron chi connectivity index (χ2n) is 8.31. The number of para-hydroxylation sites is 1. The maximum absolute atomic E-state index is 4.76. The molecule has 5 aromatic rings. The van der Waals surface area contributed by atoms with Crippen molar-refractivity contribution in [3.8, 4) is 10.6 Å². The van der Waals surface area contributed by atoms with Crippen LogP contribution in [0.1, 0.15) is 29.3 Å². The minimum atomic E-state index is 0.846. The third kappa shape index (κ3) is 4.32. The second kappa shape index (κ2) is 9.15. The molecule has 0 fully saturated rings. The number of anilines is 3. The number of aryl methyl sites for hydroxylation is 3. The van der Waals surface area contributed by atoms with Crippen LogP contribution >= 0.6 is 11.3 Å². The monoisotopic (exact) mass is 465 g/mol. The third-order valence-corrected chi connectivity index (χ3v) is 6.85. The fraction of sp³-hybridized carbons (Fsp3) is 0.143. The van der Waals surface area contributed by atoms with E-state index in [1.807, 2.05) is 30.5 Å². The average Bonchev–Trinajstić information content (AvgIpc) is 3.43. The molecule has 34 heavy (non-hydrogen) atoms. The van der Waals surface area contributed by atoms with Crippen LogP contribution in [0.15, 0.2) is 79.6 Å². The summed E-state index contributed by atoms with van der Waals surface area (Å²) in [4.78, 5) is 10.5. The van der Waals surface area contributed by atoms with Gasteiger partial charge in [0.1, 0.15) is 5.65 Å². The van der Waals surface area contributed by atoms with Gasteiger partial charge in [-0.25, -0.2) is 9.97 Å². The van der Waals surface area contributed by atoms with Gasteiger partial charge in [0.05, 0.1) is 16.3 Å². The molecule has 5 nitrogen and oxygen atoms in total. The van der Waals surface area contributed by atoms with E-state index in [9.17, 15) is 0 Å². The SMILES string of the molecule is C=C(Nc1ccccc1C)c1ccc(Nc2ncc(-c3c(C)nc4cc(CC)ccn34)s2)cc1. The van der Waals surface area contributed by atoms with Crippen molar-refractivity contribution in [1.82, 2.24) is 14.4 Å². The average molecular weight is 466 g/mol. The van der Waals surface area contributed by atoms with E-state index in [1.54, 1.807) is 11.3 Å². The molecule has 3 aromatic heterocycles. The minimum Gasteiger partial charge on any atom is -0.355 e. The maximum atomic E-state index is 4.76. The molecule has 0 radical (unpaired) electrons. The Kier molecular flexibility index (Phi) is 5.90. The van der Waals surface area contributed by atoms with E-state index in [-0.39, 0.29) is 0 Å². The Morgan fingerprint density at radius 1 is 1.06 bits per heavy atom. The topological polar surface area (TPSA) is 54.2 Å². The minimum absolute atomic E-state index is 0.846. The van der Waals surface area contributed by atoms with Gasteiger partial charge in [-0.2, -0.15) is 0 Å². The van der Waals surface area contributed by atoms with Crippen LogP contribution in [-0.2, 0) is 6.42 Å². The fourth-order valence-corrected chi connectivity index (χ4v) is 4.92. The Morgan fingerprint density at radius 2 is 1.85 bits per heavy atom. The Hall–Kier alpha value is -3.90. The van der Waals surface area contributed by atoms with Gasteiger partial charge in [0.25, 0.3) is 0 Å². The molecule has 0 spiro atoms. The Balaban J connectivity index is 1.31. The summed E-state index contributed by atoms with van der Waals surface area (Å²) in [5.74, 6) is 0. The van der Waals surface area contributed by atoms with Crippen molar-refractivity contribution in [2.75, 3.05) is 10.6 Å². The van der Waals surface area contributed by atoms with Gasteiger partial charge in [-0.15, -0.1) is 0 Å². The van der Waals surface area contributed by atoms with E-state index in [4.69, 9.17) is 4.98 Å². The van der Waals surface area contributed by atoms with Crippen molar-refractivity contribution in [3.63, 3.8) is 0 Å². The number of nitrogens with one attached hydrogen (secondary N) is 2. The molecule has 2 aromatic carbocycles. The molecule has 0 atom stereocenters. The van der Waals surface area contributed by atoms with E-state index in [0.717, 1.165) is 56.1 Å². The van der Waals surface area contributed by atoms with Gasteiger partial charge >= 0.3 is 0 Å². The number of hydrogen-bond donors (Lipinski definition) is 2. The number of thiazole rings is 1. The standard InChI is InChI=1S/C28H27N5S/c1-5-21-14-15-33-26(16-21)31-20(4)27(33)25-17-29-28(34-25)32-23-12-10-22(11-13-23)19(3)30-24-9-7-6-8-18(24)2/h6-17,30H,3,5H2,1-2,4H3,(H,29,32). The molecule has 0 aliphatic rings. The summed E-state index contributed by atoms with van der Waals surface area (Å²) in [7, 11) is 0. The molecule has 6 heteroatoms. The summed E-state index contributed by atoms with van der Waals surface area (Å²) in [5.41, 5.74) is 9.52. The number of aromatic nitrogens is 3. The predicted octanol–water partition coefficient (Wildman–Crippen LogP) is 7.46. The van der Waals surface area contributed by atoms with Gasteiger partial charge in [-0.05, 0) is 67.3 Å². The summed E-state index contributed by atoms with van der Waals surface area (Å²) in [6.07, 6.45) is 5.02. The van der Waals surface area contributed by atoms with Crippen LogP contribution in [0.2, 0.25) is 0 Å². The zero-order chi connectivity index (χ0) is 23.7. The molecule has 0 amide bonds. The van der Waals surface area contributed by atoms with Crippen LogP contribution in [0, 0.1) is 13.8 Å². The quantitative estimate of drug-likeness (QED) is 0.262. The van der Waals surface area contributed by atoms with Crippen molar-refractivity contribution in [1.29, 1.82) is 0 Å². The first kappa shape index (κ1) is 21.9. The summed E-state index contributed by atoms with van der Waals surface area (Å²) < 4.78 is 2.15. The van der Waals surface area contributed by atoms with Crippen molar-refractivity contribution >= 4 is 39.2 Å². The van der Waals surface area contributed by atoms with Gasteiger partial charge in [0, 0.05) is 29.5 Å². The van der Waals surface area contributed by atoms with Crippen molar-refractivity contribution < 1.29 is 0 Å². The molecule has 0 aliphatic heterocycles. The molecular formula is C28H27N5S. The van der Waals surface area contributed by atoms with E-state index < -0.39 is 0 Å². The van der Waals surface area contributed by atoms with Crippen LogP contribution in [0.3, 0.4) is 0 Å². The van der Waals surface area contributed by atoms with Crippen molar-refractivity contribution in [2.24, 2.45) is 0 Å². The van der Waals surface area contributed by atoms with Gasteiger partial charge in [0.2, 0.25) is 0 Å². The number of imidazole rings is 1. The van der Waals surface area contributed by atoms with E-state index in [2.05, 4.69) is 90.0 Å². The number of hydrogen-bond acceptors (Lipinski definition) is 5. The van der Waals surface area contributed by atoms with Crippen LogP contribution in [0.5, 0.6) is 0 Å². The molecule has 2 N–H and O–H groups in total. The highest BCUT2D eigenvalue weighted by Crippen LogP contribution is 2.33. The molecule has 5 rings (SSSR count). The summed E-state index contributed by atoms with van der Waals surface area (Å²) >= 11 is 1.63. The first-order chi connectivity index (χ1) is 16.5. The number of rotatable bonds is 7. The van der Waals surface area contributed by atoms with Gasteiger partial charge in [-0.1, -0.05) is 55.2 Å². The zero-order valence-corrected chi connectivity index (χ0v) is 20.4. The third-order valence-electron chi connectivity index (χ3n) is 5.93. The Labute approximate surface area is 203 Å². The lowest BCUT2D eigenvalue weighted by Gasteiger charge is -2.12. The molecule has 0 aliphatic carbocycles. The lowest BCUT2D eigenvalue weighted by molar-refractivity contribution is 1.10. The summed E-state index contributed by atoms with van der Waals surface area (Å²) in [6.45, 7) is 10.5. The Bertz CT molecular complexity index is 1480. The predicted molar refractivity (Wildman–Crippen MR) is 144 cm³/mol. The lowest BCUT2D eigenvalue weighted by atomic mass is 10.1. The first-order valence-corrected chi connectivity index (χ1v) is 12.2. The highest BCUT2D eigenvalue weighted by atomic mass is 32.1. The normalized spacial score (nSPS) is 11.0. The maximum Gasteiger partial charge on any atom is 0.187 e. The van der Waals surface area contributed by atoms with Crippen LogP contribution in [0.25, 0.3) is 21.9 Å². The highest BCUT2D eigenvalue weighted by Gasteiger charge is 2.14. The van der Waals surface area contributed by atoms with Gasteiger partial charge in [-0.3, -0.25) is 4.40 Å². The van der Waals surface area contributed by atoms with Crippen LogP contribution in [0.4, 0.5) is 16.5 Å². The molecule has 170 valence electrons. The number of nitrogens with zero attached hydrogens (tertiary/aromatic N) is 3. The molecule has 0 saturated heterocycles. The van der Waals surface area contributed by atoms with E-state index in [0.29, 0.717) is 0 Å². The number of benzene rings is 2. The summed E-state index contributed by atoms with van der Waals surface area (Å²) in [6, 6.07) is 20.7. The highest BCUT2D eigenvalue weighted by molar-refractivity contribution is 7.18. The lowest BCUT2D eigenvalue weighted by Crippen LogP contribution is -1.99. The molecule has 0 bridgehead atoms. The van der Waals surface area contributed by atoms with Crippen molar-refractivity contribution in [2.45, 2.75) is 27.2 Å². The van der Waals surface area contributed by atoms with Gasteiger partial charge < -0.3 is 10.6 Å². The fourth-order valence-electron chi connectivity index (χ4n) is 3.99. The molecule has 0 saturated carbocycles. The number of fused-ring (bicyclic) bond motifs is 1. The van der Waals surface area contributed by atoms with Crippen molar-refractivity contribution in [3.05, 3.63) is 102 Å². The molecular weight excluding hydrogens is 438 g/mol. The summed E-state index contributed by atoms with van der Waals surface area (Å²) in [5, 5.41) is 7.68. The first-order valence-electron chi connectivity index (χ1n) is 11.3. The number of pyridine rings is 1. The van der Waals surface area contributed by atoms with E-state index >= 15 is 0 Å². The second-order valence-corrected chi connectivity index (χ2v) is 9.34. The van der Waals surface area contributed by atoms with Gasteiger partial charge in [0.15, 0.2) is 5.13 Å². The molecule has 0 unspecified atom stereocenters. The van der Waals surface area contributed by atoms with Crippen LogP contribution in [-0.4, -0.2) is 14.4 Å².